The van der Waals surface area contributed by atoms with Crippen molar-refractivity contribution in [1.82, 2.24) is 0 Å². The number of methoxy groups -OCH3 is 2. The van der Waals surface area contributed by atoms with Gasteiger partial charge in [0.05, 0.1) is 19.1 Å². The van der Waals surface area contributed by atoms with Crippen LogP contribution in [0.1, 0.15) is 107 Å². The number of nitrogens with zero attached hydrogens (tertiary/aromatic N) is 1. The predicted molar refractivity (Wildman–Crippen MR) is 250 cm³/mol. The number of anilines is 1. The first-order chi connectivity index (χ1) is 31.0. The average molecular weight is 905 g/mol. The molecule has 8 fully saturated rings. The van der Waals surface area contributed by atoms with Crippen molar-refractivity contribution >= 4 is 43.5 Å². The van der Waals surface area contributed by atoms with E-state index in [1.807, 2.05) is 12.1 Å². The Hall–Kier alpha value is -5.30. The van der Waals surface area contributed by atoms with Crippen molar-refractivity contribution in [3.8, 4) is 11.5 Å². The van der Waals surface area contributed by atoms with E-state index in [4.69, 9.17) is 28.1 Å². The van der Waals surface area contributed by atoms with Crippen molar-refractivity contribution in [2.75, 3.05) is 19.5 Å². The predicted octanol–water partition coefficient (Wildman–Crippen LogP) is 13.1. The third-order valence-corrected chi connectivity index (χ3v) is 20.4. The van der Waals surface area contributed by atoms with Gasteiger partial charge in [0.1, 0.15) is 36.2 Å². The molecule has 1 N–H and O–H groups in total. The van der Waals surface area contributed by atoms with E-state index < -0.39 is 25.5 Å². The van der Waals surface area contributed by atoms with Crippen molar-refractivity contribution in [3.63, 3.8) is 0 Å². The molecule has 12 nitrogen and oxygen atoms in total. The largest absolute Gasteiger partial charge is 0.543 e. The summed E-state index contributed by atoms with van der Waals surface area (Å²) in [4.78, 5) is 37.3. The highest BCUT2D eigenvalue weighted by molar-refractivity contribution is 6.74. The van der Waals surface area contributed by atoms with E-state index in [0.29, 0.717) is 40.5 Å². The van der Waals surface area contributed by atoms with Gasteiger partial charge in [-0.1, -0.05) is 32.9 Å². The first kappa shape index (κ1) is 44.9. The number of benzene rings is 3. The Morgan fingerprint density at radius 3 is 1.55 bits per heavy atom. The second kappa shape index (κ2) is 17.8. The topological polar surface area (TPSA) is 145 Å². The molecule has 0 spiro atoms. The molecule has 8 aliphatic carbocycles. The van der Waals surface area contributed by atoms with Gasteiger partial charge in [0.2, 0.25) is 8.32 Å². The molecule has 8 saturated carbocycles. The normalized spacial score (nSPS) is 26.1. The van der Waals surface area contributed by atoms with Crippen molar-refractivity contribution in [3.05, 3.63) is 104 Å². The minimum Gasteiger partial charge on any atom is -0.543 e. The van der Waals surface area contributed by atoms with E-state index in [2.05, 4.69) is 45.2 Å². The summed E-state index contributed by atoms with van der Waals surface area (Å²) in [6.07, 6.45) is 10.5. The van der Waals surface area contributed by atoms with E-state index >= 15 is 0 Å². The molecule has 8 aliphatic rings. The summed E-state index contributed by atoms with van der Waals surface area (Å²) in [7, 11) is 1.27. The fourth-order valence-corrected chi connectivity index (χ4v) is 13.5. The highest BCUT2D eigenvalue weighted by Gasteiger charge is 2.48. The van der Waals surface area contributed by atoms with Gasteiger partial charge in [0.15, 0.2) is 0 Å². The Labute approximate surface area is 383 Å². The number of allylic oxidation sites excluding steroid dienone is 2. The average Bonchev–Trinajstić information content (AvgIpc) is 3.24. The summed E-state index contributed by atoms with van der Waals surface area (Å²) in [5.74, 6) is 7.58. The van der Waals surface area contributed by atoms with Gasteiger partial charge in [-0.25, -0.2) is 9.59 Å². The van der Waals surface area contributed by atoms with E-state index in [9.17, 15) is 19.7 Å². The van der Waals surface area contributed by atoms with E-state index in [0.717, 1.165) is 77.7 Å². The fraction of sp³-hybridized carbons (Fsp3) is 0.538. The third kappa shape index (κ3) is 9.27. The van der Waals surface area contributed by atoms with Gasteiger partial charge in [-0.05, 0) is 177 Å². The van der Waals surface area contributed by atoms with Gasteiger partial charge in [-0.3, -0.25) is 15.4 Å². The highest BCUT2D eigenvalue weighted by Crippen LogP contribution is 2.59. The summed E-state index contributed by atoms with van der Waals surface area (Å²) >= 11 is 0. The number of hydrogen-bond acceptors (Lipinski definition) is 10. The Morgan fingerprint density at radius 1 is 0.662 bits per heavy atom. The molecule has 65 heavy (non-hydrogen) atoms. The minimum atomic E-state index is -2.17. The monoisotopic (exact) mass is 904 g/mol. The lowest BCUT2D eigenvalue weighted by Gasteiger charge is -2.51. The van der Waals surface area contributed by atoms with Gasteiger partial charge in [-0.15, -0.1) is 0 Å². The van der Waals surface area contributed by atoms with Gasteiger partial charge >= 0.3 is 12.2 Å². The Kier molecular flexibility index (Phi) is 12.3. The van der Waals surface area contributed by atoms with Crippen LogP contribution in [-0.2, 0) is 32.2 Å². The lowest BCUT2D eigenvalue weighted by atomic mass is 9.54. The van der Waals surface area contributed by atoms with Crippen molar-refractivity contribution in [2.45, 2.75) is 116 Å². The molecule has 13 heteroatoms. The third-order valence-electron chi connectivity index (χ3n) is 16.0. The maximum absolute atomic E-state index is 13.7. The lowest BCUT2D eigenvalue weighted by molar-refractivity contribution is -0.384. The van der Waals surface area contributed by atoms with E-state index in [-0.39, 0.29) is 29.7 Å². The SMILES string of the molecule is COC(=C1C2CC3CC(C2)CC1C3)c1cc(OC(=O)OCc2ccc(O[Si](C)(C)C(C)(C)C)cc2C(OC)=C2C3CC4CC(C3)CC2C4)ccc1COC(=O)Nc1ccc([N+](=O)[O-])cc1. The van der Waals surface area contributed by atoms with Crippen LogP contribution in [0, 0.1) is 57.5 Å². The molecule has 0 radical (unpaired) electrons. The first-order valence-electron chi connectivity index (χ1n) is 23.6. The molecule has 0 atom stereocenters. The number of hydrogen-bond donors (Lipinski definition) is 1. The zero-order chi connectivity index (χ0) is 45.8. The number of nitro benzene ring substituents is 1. The van der Waals surface area contributed by atoms with Crippen molar-refractivity contribution in [2.24, 2.45) is 47.3 Å². The van der Waals surface area contributed by atoms with Gasteiger partial charge in [0, 0.05) is 40.1 Å². The van der Waals surface area contributed by atoms with Crippen LogP contribution in [0.5, 0.6) is 11.5 Å². The molecule has 11 rings (SSSR count). The lowest BCUT2D eigenvalue weighted by Crippen LogP contribution is -2.43. The zero-order valence-corrected chi connectivity index (χ0v) is 39.9. The van der Waals surface area contributed by atoms with Crippen LogP contribution in [0.2, 0.25) is 18.1 Å². The van der Waals surface area contributed by atoms with Gasteiger partial charge in [-0.2, -0.15) is 0 Å². The van der Waals surface area contributed by atoms with Gasteiger partial charge < -0.3 is 28.1 Å². The summed E-state index contributed by atoms with van der Waals surface area (Å²) in [5, 5.41) is 13.8. The van der Waals surface area contributed by atoms with Crippen molar-refractivity contribution < 1.29 is 42.6 Å². The smallest absolute Gasteiger partial charge is 0.514 e. The summed E-state index contributed by atoms with van der Waals surface area (Å²) in [6, 6.07) is 16.8. The quantitative estimate of drug-likeness (QED) is 0.0439. The molecule has 3 aromatic carbocycles. The Balaban J connectivity index is 0.972. The van der Waals surface area contributed by atoms with Crippen LogP contribution in [-0.4, -0.2) is 39.7 Å². The zero-order valence-electron chi connectivity index (χ0n) is 38.9. The number of nitrogens with one attached hydrogen (secondary N) is 1. The molecule has 3 aromatic rings. The molecule has 0 aromatic heterocycles. The molecule has 0 saturated heterocycles. The molecule has 346 valence electrons. The molecule has 8 bridgehead atoms. The Morgan fingerprint density at radius 2 is 1.11 bits per heavy atom. The number of amides is 1. The standard InChI is InChI=1S/C52H64N2O10Si/c1-52(2,3)65(6,7)64-43-15-9-35(45(27-43)49(60-5)47-38-22-32-17-33(24-38)25-39(47)23-32)29-62-51(56)63-42-14-8-34(28-61-50(55)53-40-10-12-41(13-11-40)54(57)58)44(26-42)48(59-4)46-36-18-30-16-31(20-36)21-37(46)19-30/h8-15,26-27,30-33,36-39H,16-25,28-29H2,1-7H3,(H,53,55). The van der Waals surface area contributed by atoms with Crippen LogP contribution < -0.4 is 14.5 Å². The number of non-ortho nitro benzene ring substituents is 1. The maximum atomic E-state index is 13.7. The summed E-state index contributed by atoms with van der Waals surface area (Å²) in [5.41, 5.74) is 6.07. The first-order valence-corrected chi connectivity index (χ1v) is 26.5. The number of ether oxygens (including phenoxy) is 5. The van der Waals surface area contributed by atoms with Crippen LogP contribution in [0.4, 0.5) is 21.0 Å². The van der Waals surface area contributed by atoms with Crippen molar-refractivity contribution in [1.29, 1.82) is 0 Å². The molecule has 0 heterocycles. The number of carbonyl (C=O) groups excluding carboxylic acids is 2. The highest BCUT2D eigenvalue weighted by atomic mass is 28.4. The minimum absolute atomic E-state index is 0.00955. The molecular formula is C52H64N2O10Si. The van der Waals surface area contributed by atoms with Crippen LogP contribution in [0.3, 0.4) is 0 Å². The fourth-order valence-electron chi connectivity index (χ4n) is 12.5. The molecular weight excluding hydrogens is 841 g/mol. The maximum Gasteiger partial charge on any atom is 0.514 e. The number of nitro groups is 1. The second-order valence-electron chi connectivity index (χ2n) is 21.2. The summed E-state index contributed by atoms with van der Waals surface area (Å²) < 4.78 is 37.0. The number of rotatable bonds is 13. The van der Waals surface area contributed by atoms with Crippen LogP contribution in [0.15, 0.2) is 71.8 Å². The van der Waals surface area contributed by atoms with Crippen LogP contribution >= 0.6 is 0 Å². The number of carbonyl (C=O) groups is 2. The van der Waals surface area contributed by atoms with Gasteiger partial charge in [0.25, 0.3) is 5.69 Å². The Bertz CT molecular complexity index is 2340. The van der Waals surface area contributed by atoms with E-state index in [1.165, 1.54) is 73.9 Å². The second-order valence-corrected chi connectivity index (χ2v) is 26.0. The van der Waals surface area contributed by atoms with E-state index in [1.54, 1.807) is 32.4 Å². The molecule has 1 amide bonds. The molecule has 0 aliphatic heterocycles. The summed E-state index contributed by atoms with van der Waals surface area (Å²) in [6.45, 7) is 11.1. The molecule has 0 unspecified atom stereocenters. The van der Waals surface area contributed by atoms with Crippen LogP contribution in [0.25, 0.3) is 11.5 Å².